The number of ether oxygens (including phenoxy) is 2. The highest BCUT2D eigenvalue weighted by atomic mass is 16.5. The third-order valence-electron chi connectivity index (χ3n) is 4.57. The van der Waals surface area contributed by atoms with Crippen molar-refractivity contribution in [2.75, 3.05) is 13.7 Å². The minimum atomic E-state index is -1.98. The second kappa shape index (κ2) is 7.65. The zero-order valence-electron chi connectivity index (χ0n) is 14.6. The number of aliphatic hydroxyl groups is 1. The van der Waals surface area contributed by atoms with Gasteiger partial charge in [-0.25, -0.2) is 0 Å². The first-order valence-corrected chi connectivity index (χ1v) is 8.15. The fourth-order valence-corrected chi connectivity index (χ4v) is 3.23. The Labute approximate surface area is 146 Å². The van der Waals surface area contributed by atoms with Crippen LogP contribution in [0.25, 0.3) is 0 Å². The van der Waals surface area contributed by atoms with Crippen molar-refractivity contribution >= 4 is 17.8 Å². The number of nitrogens with zero attached hydrogens (tertiary/aromatic N) is 1. The number of likely N-dealkylation sites (tertiary alicyclic amines) is 1. The van der Waals surface area contributed by atoms with Gasteiger partial charge in [0, 0.05) is 6.54 Å². The lowest BCUT2D eigenvalue weighted by atomic mass is 9.79. The van der Waals surface area contributed by atoms with Crippen LogP contribution in [0, 0.1) is 5.41 Å². The molecule has 7 nitrogen and oxygen atoms in total. The van der Waals surface area contributed by atoms with Gasteiger partial charge in [0.05, 0.1) is 32.3 Å². The SMILES string of the molecule is CCOC(=O)CC1(C(=O)OC)C(=O)N(Cc2ccccc2)[C@H](C)C1O. The van der Waals surface area contributed by atoms with E-state index in [1.165, 1.54) is 4.90 Å². The van der Waals surface area contributed by atoms with Crippen LogP contribution in [-0.4, -0.2) is 53.7 Å². The van der Waals surface area contributed by atoms with Gasteiger partial charge in [0.1, 0.15) is 0 Å². The zero-order chi connectivity index (χ0) is 18.6. The maximum absolute atomic E-state index is 13.1. The molecule has 0 radical (unpaired) electrons. The molecule has 1 saturated heterocycles. The summed E-state index contributed by atoms with van der Waals surface area (Å²) < 4.78 is 9.63. The van der Waals surface area contributed by atoms with Crippen molar-refractivity contribution in [3.8, 4) is 0 Å². The average Bonchev–Trinajstić information content (AvgIpc) is 2.78. The Hall–Kier alpha value is -2.41. The largest absolute Gasteiger partial charge is 0.468 e. The molecule has 1 heterocycles. The topological polar surface area (TPSA) is 93.1 Å². The van der Waals surface area contributed by atoms with Crippen LogP contribution < -0.4 is 0 Å². The fraction of sp³-hybridized carbons (Fsp3) is 0.500. The van der Waals surface area contributed by atoms with Gasteiger partial charge in [0.25, 0.3) is 0 Å². The van der Waals surface area contributed by atoms with E-state index in [4.69, 9.17) is 9.47 Å². The van der Waals surface area contributed by atoms with E-state index in [9.17, 15) is 19.5 Å². The molecule has 1 aromatic carbocycles. The van der Waals surface area contributed by atoms with Gasteiger partial charge in [-0.05, 0) is 19.4 Å². The molecule has 0 aliphatic carbocycles. The number of aliphatic hydroxyl groups excluding tert-OH is 1. The number of amides is 1. The van der Waals surface area contributed by atoms with Crippen LogP contribution in [0.3, 0.4) is 0 Å². The van der Waals surface area contributed by atoms with Gasteiger partial charge in [-0.3, -0.25) is 14.4 Å². The van der Waals surface area contributed by atoms with Crippen molar-refractivity contribution < 1.29 is 29.0 Å². The Bertz CT molecular complexity index is 646. The summed E-state index contributed by atoms with van der Waals surface area (Å²) in [5, 5.41) is 10.7. The highest BCUT2D eigenvalue weighted by molar-refractivity contribution is 6.08. The van der Waals surface area contributed by atoms with Gasteiger partial charge >= 0.3 is 11.9 Å². The number of hydrogen-bond donors (Lipinski definition) is 1. The molecule has 2 unspecified atom stereocenters. The van der Waals surface area contributed by atoms with Crippen molar-refractivity contribution in [1.29, 1.82) is 0 Å². The minimum absolute atomic E-state index is 0.115. The molecule has 3 atom stereocenters. The lowest BCUT2D eigenvalue weighted by Crippen LogP contribution is -2.48. The smallest absolute Gasteiger partial charge is 0.324 e. The Morgan fingerprint density at radius 2 is 1.92 bits per heavy atom. The van der Waals surface area contributed by atoms with E-state index in [1.807, 2.05) is 30.3 Å². The van der Waals surface area contributed by atoms with Gasteiger partial charge in [0.15, 0.2) is 5.41 Å². The summed E-state index contributed by atoms with van der Waals surface area (Å²) in [6.07, 6.45) is -1.93. The summed E-state index contributed by atoms with van der Waals surface area (Å²) in [7, 11) is 1.12. The molecule has 7 heteroatoms. The average molecular weight is 349 g/mol. The maximum atomic E-state index is 13.1. The number of methoxy groups -OCH3 is 1. The summed E-state index contributed by atoms with van der Waals surface area (Å²) >= 11 is 0. The molecule has 1 aromatic rings. The summed E-state index contributed by atoms with van der Waals surface area (Å²) in [6, 6.07) is 8.56. The van der Waals surface area contributed by atoms with Crippen LogP contribution in [-0.2, 0) is 30.4 Å². The Morgan fingerprint density at radius 3 is 2.48 bits per heavy atom. The standard InChI is InChI=1S/C18H23NO6/c1-4-25-14(20)10-18(17(23)24-3)15(21)12(2)19(16(18)22)11-13-8-6-5-7-9-13/h5-9,12,15,21H,4,10-11H2,1-3H3/t12-,15?,18?/m1/s1. The van der Waals surface area contributed by atoms with E-state index >= 15 is 0 Å². The summed E-state index contributed by atoms with van der Waals surface area (Å²) in [5.41, 5.74) is -1.12. The van der Waals surface area contributed by atoms with Gasteiger partial charge in [-0.15, -0.1) is 0 Å². The molecule has 136 valence electrons. The van der Waals surface area contributed by atoms with Gasteiger partial charge in [-0.2, -0.15) is 0 Å². The number of rotatable bonds is 6. The lowest BCUT2D eigenvalue weighted by Gasteiger charge is -2.26. The predicted octanol–water partition coefficient (Wildman–Crippen LogP) is 0.891. The maximum Gasteiger partial charge on any atom is 0.324 e. The molecule has 0 bridgehead atoms. The van der Waals surface area contributed by atoms with Crippen LogP contribution in [0.2, 0.25) is 0 Å². The molecular formula is C18H23NO6. The summed E-state index contributed by atoms with van der Waals surface area (Å²) in [4.78, 5) is 38.8. The molecule has 1 aliphatic rings. The number of carbonyl (C=O) groups excluding carboxylic acids is 3. The third-order valence-corrected chi connectivity index (χ3v) is 4.57. The van der Waals surface area contributed by atoms with E-state index in [0.717, 1.165) is 12.7 Å². The molecule has 1 N–H and O–H groups in total. The number of benzene rings is 1. The third kappa shape index (κ3) is 3.37. The molecule has 1 amide bonds. The van der Waals surface area contributed by atoms with Crippen LogP contribution in [0.1, 0.15) is 25.8 Å². The fourth-order valence-electron chi connectivity index (χ4n) is 3.23. The van der Waals surface area contributed by atoms with Gasteiger partial charge in [-0.1, -0.05) is 30.3 Å². The van der Waals surface area contributed by atoms with E-state index < -0.39 is 41.8 Å². The first-order chi connectivity index (χ1) is 11.9. The lowest BCUT2D eigenvalue weighted by molar-refractivity contribution is -0.170. The van der Waals surface area contributed by atoms with Gasteiger partial charge < -0.3 is 19.5 Å². The quantitative estimate of drug-likeness (QED) is 0.606. The molecule has 25 heavy (non-hydrogen) atoms. The molecule has 0 aromatic heterocycles. The van der Waals surface area contributed by atoms with Crippen molar-refractivity contribution in [3.05, 3.63) is 35.9 Å². The van der Waals surface area contributed by atoms with E-state index in [2.05, 4.69) is 0 Å². The molecule has 1 fully saturated rings. The van der Waals surface area contributed by atoms with Gasteiger partial charge in [0.2, 0.25) is 5.91 Å². The normalized spacial score (nSPS) is 25.8. The molecular weight excluding hydrogens is 326 g/mol. The first-order valence-electron chi connectivity index (χ1n) is 8.15. The van der Waals surface area contributed by atoms with Crippen molar-refractivity contribution in [1.82, 2.24) is 4.90 Å². The minimum Gasteiger partial charge on any atom is -0.468 e. The Balaban J connectivity index is 2.37. The highest BCUT2D eigenvalue weighted by Crippen LogP contribution is 2.41. The highest BCUT2D eigenvalue weighted by Gasteiger charge is 2.64. The summed E-state index contributed by atoms with van der Waals surface area (Å²) in [5.74, 6) is -2.29. The molecule has 1 aliphatic heterocycles. The second-order valence-corrected chi connectivity index (χ2v) is 6.05. The number of esters is 2. The van der Waals surface area contributed by atoms with E-state index in [1.54, 1.807) is 13.8 Å². The Kier molecular flexibility index (Phi) is 5.79. The van der Waals surface area contributed by atoms with Crippen molar-refractivity contribution in [2.45, 2.75) is 39.0 Å². The zero-order valence-corrected chi connectivity index (χ0v) is 14.6. The monoisotopic (exact) mass is 349 g/mol. The van der Waals surface area contributed by atoms with Crippen LogP contribution in [0.4, 0.5) is 0 Å². The predicted molar refractivity (Wildman–Crippen MR) is 88.2 cm³/mol. The van der Waals surface area contributed by atoms with Crippen LogP contribution in [0.15, 0.2) is 30.3 Å². The molecule has 0 spiro atoms. The first kappa shape index (κ1) is 18.9. The van der Waals surface area contributed by atoms with E-state index in [0.29, 0.717) is 0 Å². The molecule has 0 saturated carbocycles. The van der Waals surface area contributed by atoms with Crippen molar-refractivity contribution in [2.24, 2.45) is 5.41 Å². The van der Waals surface area contributed by atoms with E-state index in [-0.39, 0.29) is 13.2 Å². The second-order valence-electron chi connectivity index (χ2n) is 6.05. The van der Waals surface area contributed by atoms with Crippen LogP contribution in [0.5, 0.6) is 0 Å². The van der Waals surface area contributed by atoms with Crippen molar-refractivity contribution in [3.63, 3.8) is 0 Å². The van der Waals surface area contributed by atoms with Crippen LogP contribution >= 0.6 is 0 Å². The summed E-state index contributed by atoms with van der Waals surface area (Å²) in [6.45, 7) is 3.60. The molecule has 2 rings (SSSR count). The number of carbonyl (C=O) groups is 3. The Morgan fingerprint density at radius 1 is 1.28 bits per heavy atom. The number of hydrogen-bond acceptors (Lipinski definition) is 6.